The zero-order valence-corrected chi connectivity index (χ0v) is 24.7. The van der Waals surface area contributed by atoms with Crippen LogP contribution in [0.1, 0.15) is 115 Å². The Morgan fingerprint density at radius 2 is 1.11 bits per heavy atom. The first-order chi connectivity index (χ1) is 17.1. The summed E-state index contributed by atoms with van der Waals surface area (Å²) < 4.78 is 19.5. The molecule has 0 saturated carbocycles. The molecule has 0 bridgehead atoms. The van der Waals surface area contributed by atoms with Crippen LogP contribution in [0.25, 0.3) is 0 Å². The van der Waals surface area contributed by atoms with Crippen molar-refractivity contribution in [3.8, 4) is 5.75 Å². The molecule has 0 spiro atoms. The smallest absolute Gasteiger partial charge is 0.361 e. The molecule has 0 amide bonds. The van der Waals surface area contributed by atoms with E-state index < -0.39 is 5.77 Å². The molecule has 0 fully saturated rings. The van der Waals surface area contributed by atoms with Gasteiger partial charge in [-0.1, -0.05) is 140 Å². The normalized spacial score (nSPS) is 13.0. The fourth-order valence-corrected chi connectivity index (χ4v) is 8.24. The van der Waals surface area contributed by atoms with Gasteiger partial charge in [0.15, 0.2) is 0 Å². The fraction of sp³-hybridized carbons (Fsp3) is 0.600. The van der Waals surface area contributed by atoms with Crippen LogP contribution in [0, 0.1) is 0 Å². The standard InChI is InChI=1S/C30H47O2PS2/c1-3-5-7-9-11-13-15-21-27-22-17-19-25-29(27)32-33(31,34)35-30-26-20-18-24-28(30)23-16-14-12-10-8-6-4-2/h17-20,22,24-26H,3-16,21,23H2,1-2H3,(H,31,34). The van der Waals surface area contributed by atoms with E-state index in [-0.39, 0.29) is 0 Å². The van der Waals surface area contributed by atoms with E-state index in [9.17, 15) is 4.57 Å². The van der Waals surface area contributed by atoms with E-state index >= 15 is 0 Å². The molecule has 2 nitrogen and oxygen atoms in total. The van der Waals surface area contributed by atoms with E-state index in [1.165, 1.54) is 100 Å². The Morgan fingerprint density at radius 3 is 1.71 bits per heavy atom. The van der Waals surface area contributed by atoms with Gasteiger partial charge in [-0.05, 0) is 60.3 Å². The Labute approximate surface area is 224 Å². The Kier molecular flexibility index (Phi) is 16.0. The van der Waals surface area contributed by atoms with Gasteiger partial charge in [0, 0.05) is 4.90 Å². The van der Waals surface area contributed by atoms with Crippen molar-refractivity contribution in [2.24, 2.45) is 0 Å². The van der Waals surface area contributed by atoms with Crippen molar-refractivity contribution >= 4 is 29.4 Å². The molecule has 0 heterocycles. The summed E-state index contributed by atoms with van der Waals surface area (Å²) in [5.41, 5.74) is 2.38. The predicted molar refractivity (Wildman–Crippen MR) is 159 cm³/mol. The van der Waals surface area contributed by atoms with Crippen molar-refractivity contribution < 1.29 is 9.09 Å². The van der Waals surface area contributed by atoms with Crippen LogP contribution in [-0.2, 0) is 17.4 Å². The minimum Gasteiger partial charge on any atom is -0.429 e. The molecule has 0 aliphatic rings. The van der Waals surface area contributed by atoms with Gasteiger partial charge in [-0.25, -0.2) is 0 Å². The third-order valence-corrected chi connectivity index (χ3v) is 10.2. The summed E-state index contributed by atoms with van der Waals surface area (Å²) in [5, 5.41) is 0. The second kappa shape index (κ2) is 18.4. The van der Waals surface area contributed by atoms with Gasteiger partial charge >= 0.3 is 5.77 Å². The average Bonchev–Trinajstić information content (AvgIpc) is 2.84. The molecule has 35 heavy (non-hydrogen) atoms. The number of unbranched alkanes of at least 4 members (excludes halogenated alkanes) is 12. The lowest BCUT2D eigenvalue weighted by atomic mass is 10.0. The van der Waals surface area contributed by atoms with Crippen LogP contribution in [-0.4, -0.2) is 0 Å². The maximum atomic E-state index is 13.4. The molecule has 0 saturated heterocycles. The van der Waals surface area contributed by atoms with Crippen LogP contribution in [0.4, 0.5) is 0 Å². The molecular weight excluding hydrogens is 487 g/mol. The first-order valence-electron chi connectivity index (χ1n) is 13.9. The van der Waals surface area contributed by atoms with Crippen LogP contribution >= 0.6 is 29.4 Å². The van der Waals surface area contributed by atoms with Crippen molar-refractivity contribution in [1.29, 1.82) is 0 Å². The lowest BCUT2D eigenvalue weighted by Gasteiger charge is -2.18. The lowest BCUT2D eigenvalue weighted by molar-refractivity contribution is 0.510. The summed E-state index contributed by atoms with van der Waals surface area (Å²) in [5.74, 6) is -2.48. The van der Waals surface area contributed by atoms with Crippen LogP contribution in [0.3, 0.4) is 0 Å². The van der Waals surface area contributed by atoms with Gasteiger partial charge in [-0.15, -0.1) is 0 Å². The van der Waals surface area contributed by atoms with Crippen LogP contribution in [0.5, 0.6) is 5.75 Å². The fourth-order valence-electron chi connectivity index (χ4n) is 4.41. The zero-order chi connectivity index (χ0) is 25.2. The number of rotatable bonds is 20. The average molecular weight is 535 g/mol. The monoisotopic (exact) mass is 534 g/mol. The number of hydrogen-bond donors (Lipinski definition) is 1. The number of aryl methyl sites for hydroxylation is 2. The van der Waals surface area contributed by atoms with Crippen molar-refractivity contribution in [3.63, 3.8) is 0 Å². The van der Waals surface area contributed by atoms with Crippen molar-refractivity contribution in [1.82, 2.24) is 0 Å². The highest BCUT2D eigenvalue weighted by Crippen LogP contribution is 2.66. The Hall–Kier alpha value is -0.830. The van der Waals surface area contributed by atoms with E-state index in [0.717, 1.165) is 29.7 Å². The molecular formula is C30H47O2PS2. The molecule has 2 aromatic carbocycles. The highest BCUT2D eigenvalue weighted by Gasteiger charge is 2.24. The second-order valence-electron chi connectivity index (χ2n) is 9.61. The molecule has 196 valence electrons. The lowest BCUT2D eigenvalue weighted by Crippen LogP contribution is -1.94. The number of thiol groups is 1. The molecule has 2 aromatic rings. The second-order valence-corrected chi connectivity index (χ2v) is 15.7. The molecule has 2 rings (SSSR count). The van der Waals surface area contributed by atoms with Gasteiger partial charge in [0.05, 0.1) is 0 Å². The molecule has 1 atom stereocenters. The van der Waals surface area contributed by atoms with Crippen LogP contribution in [0.2, 0.25) is 0 Å². The van der Waals surface area contributed by atoms with Crippen LogP contribution < -0.4 is 4.52 Å². The summed E-state index contributed by atoms with van der Waals surface area (Å²) in [6.07, 6.45) is 20.0. The third kappa shape index (κ3) is 13.3. The largest absolute Gasteiger partial charge is 0.429 e. The summed E-state index contributed by atoms with van der Waals surface area (Å²) in [6, 6.07) is 16.3. The Morgan fingerprint density at radius 1 is 0.657 bits per heavy atom. The maximum absolute atomic E-state index is 13.4. The Balaban J connectivity index is 1.86. The predicted octanol–water partition coefficient (Wildman–Crippen LogP) is 11.5. The van der Waals surface area contributed by atoms with E-state index in [1.54, 1.807) is 0 Å². The molecule has 0 radical (unpaired) electrons. The number of para-hydroxylation sites is 1. The minimum absolute atomic E-state index is 0.717. The highest BCUT2D eigenvalue weighted by atomic mass is 33.1. The first kappa shape index (κ1) is 30.4. The van der Waals surface area contributed by atoms with E-state index in [4.69, 9.17) is 4.52 Å². The van der Waals surface area contributed by atoms with E-state index in [1.807, 2.05) is 24.3 Å². The molecule has 0 aliphatic heterocycles. The Bertz CT molecular complexity index is 803. The number of hydrogen-bond acceptors (Lipinski definition) is 3. The van der Waals surface area contributed by atoms with Gasteiger partial charge in [0.2, 0.25) is 0 Å². The molecule has 1 unspecified atom stereocenters. The minimum atomic E-state index is -3.19. The first-order valence-corrected chi connectivity index (χ1v) is 18.1. The molecule has 0 N–H and O–H groups in total. The summed E-state index contributed by atoms with van der Waals surface area (Å²) in [7, 11) is 0. The third-order valence-electron chi connectivity index (χ3n) is 6.47. The summed E-state index contributed by atoms with van der Waals surface area (Å²) in [4.78, 5) is 1.03. The topological polar surface area (TPSA) is 26.3 Å². The van der Waals surface area contributed by atoms with Gasteiger partial charge in [0.25, 0.3) is 0 Å². The molecule has 0 aliphatic carbocycles. The highest BCUT2D eigenvalue weighted by molar-refractivity contribution is 8.84. The van der Waals surface area contributed by atoms with E-state index in [2.05, 4.69) is 50.4 Å². The summed E-state index contributed by atoms with van der Waals surface area (Å²) in [6.45, 7) is 4.51. The van der Waals surface area contributed by atoms with Crippen LogP contribution in [0.15, 0.2) is 53.4 Å². The number of benzene rings is 2. The van der Waals surface area contributed by atoms with Gasteiger partial charge in [-0.2, -0.15) is 0 Å². The maximum Gasteiger partial charge on any atom is 0.361 e. The van der Waals surface area contributed by atoms with Gasteiger partial charge < -0.3 is 4.52 Å². The SMILES string of the molecule is CCCCCCCCCc1ccccc1OP(=O)(S)Sc1ccccc1CCCCCCCCC. The van der Waals surface area contributed by atoms with Gasteiger partial charge in [0.1, 0.15) is 5.75 Å². The zero-order valence-electron chi connectivity index (χ0n) is 22.1. The van der Waals surface area contributed by atoms with Gasteiger partial charge in [-0.3, -0.25) is 4.57 Å². The molecule has 0 aromatic heterocycles. The van der Waals surface area contributed by atoms with Crippen molar-refractivity contribution in [3.05, 3.63) is 59.7 Å². The summed E-state index contributed by atoms with van der Waals surface area (Å²) >= 11 is 5.80. The van der Waals surface area contributed by atoms with Crippen molar-refractivity contribution in [2.45, 2.75) is 121 Å². The molecule has 5 heteroatoms. The van der Waals surface area contributed by atoms with E-state index in [0.29, 0.717) is 5.75 Å². The quantitative estimate of drug-likeness (QED) is 0.104. The van der Waals surface area contributed by atoms with Crippen molar-refractivity contribution in [2.75, 3.05) is 0 Å².